The number of carbonyl (C=O) groups excluding carboxylic acids is 5. The third-order valence-corrected chi connectivity index (χ3v) is 9.93. The molecule has 1 saturated heterocycles. The highest BCUT2D eigenvalue weighted by Crippen LogP contribution is 2.37. The lowest BCUT2D eigenvalue weighted by Crippen LogP contribution is -2.69. The highest BCUT2D eigenvalue weighted by molar-refractivity contribution is 7.86. The molecule has 1 N–H and O–H groups in total. The smallest absolute Gasteiger partial charge is 0.366 e. The second-order valence-electron chi connectivity index (χ2n) is 12.3. The summed E-state index contributed by atoms with van der Waals surface area (Å²) >= 11 is 0. The van der Waals surface area contributed by atoms with E-state index in [4.69, 9.17) is 32.6 Å². The van der Waals surface area contributed by atoms with E-state index in [2.05, 4.69) is 25.0 Å². The number of aryl methyl sites for hydroxylation is 1. The summed E-state index contributed by atoms with van der Waals surface area (Å²) < 4.78 is 65.3. The van der Waals surface area contributed by atoms with Crippen LogP contribution in [0.3, 0.4) is 0 Å². The van der Waals surface area contributed by atoms with Crippen LogP contribution in [0.2, 0.25) is 25.7 Å². The van der Waals surface area contributed by atoms with Gasteiger partial charge >= 0.3 is 23.9 Å². The van der Waals surface area contributed by atoms with E-state index < -0.39 is 97.2 Å². The lowest BCUT2D eigenvalue weighted by molar-refractivity contribution is -0.313. The van der Waals surface area contributed by atoms with Gasteiger partial charge in [-0.3, -0.25) is 23.4 Å². The number of methoxy groups -OCH3 is 1. The van der Waals surface area contributed by atoms with Gasteiger partial charge in [0.05, 0.1) is 24.5 Å². The Morgan fingerprint density at radius 1 is 0.979 bits per heavy atom. The van der Waals surface area contributed by atoms with Crippen LogP contribution < -0.4 is 5.32 Å². The van der Waals surface area contributed by atoms with Gasteiger partial charge < -0.3 is 33.7 Å². The molecule has 15 nitrogen and oxygen atoms in total. The average molecular weight is 704 g/mol. The van der Waals surface area contributed by atoms with Gasteiger partial charge in [-0.25, -0.2) is 4.79 Å². The Balaban J connectivity index is 2.72. The molecule has 2 rings (SSSR count). The molecule has 1 fully saturated rings. The van der Waals surface area contributed by atoms with Gasteiger partial charge in [-0.15, -0.1) is 0 Å². The Kier molecular flexibility index (Phi) is 14.1. The molecule has 0 spiro atoms. The largest absolute Gasteiger partial charge is 0.465 e. The Labute approximate surface area is 276 Å². The van der Waals surface area contributed by atoms with E-state index in [0.717, 1.165) is 40.4 Å². The van der Waals surface area contributed by atoms with Crippen LogP contribution in [-0.2, 0) is 66.7 Å². The first-order valence-electron chi connectivity index (χ1n) is 14.8. The summed E-state index contributed by atoms with van der Waals surface area (Å²) in [6.45, 7) is 11.4. The monoisotopic (exact) mass is 703 g/mol. The van der Waals surface area contributed by atoms with Crippen molar-refractivity contribution in [2.24, 2.45) is 0 Å². The first-order chi connectivity index (χ1) is 21.7. The van der Waals surface area contributed by atoms with E-state index in [1.165, 1.54) is 12.1 Å². The number of rotatable bonds is 15. The van der Waals surface area contributed by atoms with Crippen molar-refractivity contribution in [3.05, 3.63) is 29.8 Å². The number of hydrogen-bond donors (Lipinski definition) is 1. The molecule has 1 aliphatic heterocycles. The van der Waals surface area contributed by atoms with Crippen LogP contribution in [0.25, 0.3) is 0 Å². The Bertz CT molecular complexity index is 1390. The Hall–Kier alpha value is -3.38. The Morgan fingerprint density at radius 2 is 1.57 bits per heavy atom. The summed E-state index contributed by atoms with van der Waals surface area (Å²) in [7, 11) is -5.08. The molecule has 0 bridgehead atoms. The fourth-order valence-electron chi connectivity index (χ4n) is 4.80. The van der Waals surface area contributed by atoms with Crippen LogP contribution in [0.15, 0.2) is 29.2 Å². The molecule has 0 unspecified atom stereocenters. The van der Waals surface area contributed by atoms with Crippen LogP contribution in [0.1, 0.15) is 39.7 Å². The quantitative estimate of drug-likeness (QED) is 0.121. The Morgan fingerprint density at radius 3 is 2.06 bits per heavy atom. The van der Waals surface area contributed by atoms with E-state index in [1.54, 1.807) is 19.1 Å². The molecule has 6 atom stereocenters. The first kappa shape index (κ1) is 39.8. The van der Waals surface area contributed by atoms with Gasteiger partial charge in [-0.1, -0.05) is 37.3 Å². The van der Waals surface area contributed by atoms with Crippen molar-refractivity contribution in [2.75, 3.05) is 20.3 Å². The van der Waals surface area contributed by atoms with Gasteiger partial charge in [-0.05, 0) is 25.1 Å². The van der Waals surface area contributed by atoms with Gasteiger partial charge in [0.25, 0.3) is 15.9 Å². The average Bonchev–Trinajstić information content (AvgIpc) is 2.93. The molecule has 0 saturated carbocycles. The van der Waals surface area contributed by atoms with E-state index in [1.807, 2.05) is 0 Å². The van der Waals surface area contributed by atoms with Crippen LogP contribution in [-0.4, -0.2) is 103 Å². The highest BCUT2D eigenvalue weighted by Gasteiger charge is 2.59. The van der Waals surface area contributed by atoms with Crippen molar-refractivity contribution < 1.29 is 65.0 Å². The fraction of sp³-hybridized carbons (Fsp3) is 0.633. The van der Waals surface area contributed by atoms with Crippen LogP contribution >= 0.6 is 0 Å². The number of amides is 1. The SMILES string of the molecule is COC(=O)[C@@]1(OCC[Si](C)(C)C)C[C@H](OC(C)=O)[C@@H](NC(C)=O)[C@H]([C@H](OC(C)=O)[C@@H](COS(=O)(=O)c2ccc(C)cc2)OC(C)=O)O1. The second-order valence-corrected chi connectivity index (χ2v) is 19.6. The minimum Gasteiger partial charge on any atom is -0.465 e. The minimum atomic E-state index is -4.43. The van der Waals surface area contributed by atoms with Gasteiger partial charge in [0.1, 0.15) is 18.8 Å². The highest BCUT2D eigenvalue weighted by atomic mass is 32.2. The number of hydrogen-bond acceptors (Lipinski definition) is 14. The second kappa shape index (κ2) is 16.6. The minimum absolute atomic E-state index is 0.0125. The van der Waals surface area contributed by atoms with Crippen molar-refractivity contribution >= 4 is 48.0 Å². The normalized spacial score (nSPS) is 22.7. The molecular formula is C30H45NO14SSi. The maximum Gasteiger partial charge on any atom is 0.366 e. The molecule has 47 heavy (non-hydrogen) atoms. The number of carbonyl (C=O) groups is 5. The fourth-order valence-corrected chi connectivity index (χ4v) is 6.43. The van der Waals surface area contributed by atoms with E-state index in [0.29, 0.717) is 6.04 Å². The zero-order chi connectivity index (χ0) is 35.7. The molecule has 0 radical (unpaired) electrons. The summed E-state index contributed by atoms with van der Waals surface area (Å²) in [5.41, 5.74) is 0.790. The van der Waals surface area contributed by atoms with Gasteiger partial charge in [0.15, 0.2) is 12.2 Å². The summed E-state index contributed by atoms with van der Waals surface area (Å²) in [6, 6.07) is 4.97. The predicted octanol–water partition coefficient (Wildman–Crippen LogP) is 2.01. The first-order valence-corrected chi connectivity index (χ1v) is 20.0. The lowest BCUT2D eigenvalue weighted by Gasteiger charge is -2.48. The zero-order valence-electron chi connectivity index (χ0n) is 28.1. The summed E-state index contributed by atoms with van der Waals surface area (Å²) in [4.78, 5) is 62.7. The van der Waals surface area contributed by atoms with E-state index in [-0.39, 0.29) is 11.5 Å². The third-order valence-electron chi connectivity index (χ3n) is 6.93. The number of nitrogens with one attached hydrogen (secondary N) is 1. The standard InChI is InChI=1S/C30H45NO14SSi/c1-18-10-12-23(13-11-18)46(37,38)41-17-25(43-21(4)34)27(44-22(5)35)28-26(31-19(2)32)24(42-20(3)33)16-30(45-28,29(36)39-6)40-14-15-47(7,8)9/h10-13,24-28H,14-17H2,1-9H3,(H,31,32)/t24-,25+,26+,27+,28+,30+/m0/s1. The van der Waals surface area contributed by atoms with Crippen molar-refractivity contribution in [1.82, 2.24) is 5.32 Å². The van der Waals surface area contributed by atoms with Gasteiger partial charge in [-0.2, -0.15) is 8.42 Å². The predicted molar refractivity (Wildman–Crippen MR) is 167 cm³/mol. The number of benzene rings is 1. The molecule has 1 amide bonds. The molecule has 1 heterocycles. The summed E-state index contributed by atoms with van der Waals surface area (Å²) in [6.07, 6.45) is -6.91. The summed E-state index contributed by atoms with van der Waals surface area (Å²) in [5, 5.41) is 2.59. The van der Waals surface area contributed by atoms with E-state index in [9.17, 15) is 32.4 Å². The topological polar surface area (TPSA) is 196 Å². The molecule has 264 valence electrons. The van der Waals surface area contributed by atoms with Crippen molar-refractivity contribution in [1.29, 1.82) is 0 Å². The summed E-state index contributed by atoms with van der Waals surface area (Å²) in [5.74, 6) is -6.56. The maximum absolute atomic E-state index is 13.4. The molecular weight excluding hydrogens is 658 g/mol. The molecule has 1 aliphatic rings. The zero-order valence-corrected chi connectivity index (χ0v) is 30.0. The molecule has 0 aromatic heterocycles. The molecule has 1 aromatic rings. The molecule has 1 aromatic carbocycles. The lowest BCUT2D eigenvalue weighted by atomic mass is 9.88. The number of esters is 4. The number of ether oxygens (including phenoxy) is 6. The van der Waals surface area contributed by atoms with Crippen LogP contribution in [0.4, 0.5) is 0 Å². The van der Waals surface area contributed by atoms with Crippen LogP contribution in [0, 0.1) is 6.92 Å². The molecule has 0 aliphatic carbocycles. The van der Waals surface area contributed by atoms with Crippen molar-refractivity contribution in [2.45, 2.75) is 108 Å². The van der Waals surface area contributed by atoms with Crippen molar-refractivity contribution in [3.8, 4) is 0 Å². The maximum atomic E-state index is 13.4. The van der Waals surface area contributed by atoms with Crippen molar-refractivity contribution in [3.63, 3.8) is 0 Å². The van der Waals surface area contributed by atoms with E-state index >= 15 is 0 Å². The molecule has 17 heteroatoms. The van der Waals surface area contributed by atoms with Gasteiger partial charge in [0.2, 0.25) is 5.91 Å². The van der Waals surface area contributed by atoms with Crippen LogP contribution in [0.5, 0.6) is 0 Å². The third kappa shape index (κ3) is 12.0. The van der Waals surface area contributed by atoms with Gasteiger partial charge in [0, 0.05) is 42.4 Å².